The molecule has 27 heavy (non-hydrogen) atoms. The second kappa shape index (κ2) is 8.03. The maximum absolute atomic E-state index is 13.0. The Balaban J connectivity index is 1.85. The highest BCUT2D eigenvalue weighted by atomic mass is 16.2. The van der Waals surface area contributed by atoms with E-state index in [1.807, 2.05) is 18.2 Å². The van der Waals surface area contributed by atoms with Gasteiger partial charge in [0.05, 0.1) is 0 Å². The van der Waals surface area contributed by atoms with E-state index < -0.39 is 5.91 Å². The number of primary amides is 1. The molecule has 1 heterocycles. The molecule has 1 aliphatic heterocycles. The van der Waals surface area contributed by atoms with Crippen LogP contribution in [0.2, 0.25) is 0 Å². The second-order valence-corrected chi connectivity index (χ2v) is 6.64. The zero-order valence-electron chi connectivity index (χ0n) is 15.4. The molecule has 0 unspecified atom stereocenters. The van der Waals surface area contributed by atoms with Gasteiger partial charge in [-0.3, -0.25) is 14.4 Å². The summed E-state index contributed by atoms with van der Waals surface area (Å²) in [5, 5.41) is 0. The number of rotatable bonds is 3. The van der Waals surface area contributed by atoms with Crippen molar-refractivity contribution in [2.75, 3.05) is 26.2 Å². The van der Waals surface area contributed by atoms with Crippen molar-refractivity contribution in [2.24, 2.45) is 5.73 Å². The first-order valence-electron chi connectivity index (χ1n) is 9.01. The minimum Gasteiger partial charge on any atom is -0.366 e. The van der Waals surface area contributed by atoms with Crippen molar-refractivity contribution in [3.8, 4) is 11.1 Å². The van der Waals surface area contributed by atoms with E-state index >= 15 is 0 Å². The highest BCUT2D eigenvalue weighted by molar-refractivity contribution is 6.01. The number of hydrogen-bond donors (Lipinski definition) is 1. The van der Waals surface area contributed by atoms with Gasteiger partial charge in [-0.05, 0) is 35.7 Å². The van der Waals surface area contributed by atoms with Crippen LogP contribution in [-0.4, -0.2) is 53.7 Å². The van der Waals surface area contributed by atoms with Crippen molar-refractivity contribution in [1.29, 1.82) is 0 Å². The van der Waals surface area contributed by atoms with Crippen molar-refractivity contribution in [3.63, 3.8) is 0 Å². The van der Waals surface area contributed by atoms with Gasteiger partial charge in [-0.25, -0.2) is 0 Å². The highest BCUT2D eigenvalue weighted by Gasteiger charge is 2.22. The van der Waals surface area contributed by atoms with Crippen LogP contribution < -0.4 is 5.73 Å². The first-order chi connectivity index (χ1) is 13.0. The van der Waals surface area contributed by atoms with Crippen LogP contribution in [0.15, 0.2) is 48.5 Å². The Morgan fingerprint density at radius 1 is 0.889 bits per heavy atom. The van der Waals surface area contributed by atoms with Gasteiger partial charge >= 0.3 is 0 Å². The third kappa shape index (κ3) is 4.16. The first kappa shape index (κ1) is 18.6. The Morgan fingerprint density at radius 3 is 2.33 bits per heavy atom. The average molecular weight is 365 g/mol. The molecule has 140 valence electrons. The Hall–Kier alpha value is -3.15. The van der Waals surface area contributed by atoms with Gasteiger partial charge in [0, 0.05) is 44.2 Å². The summed E-state index contributed by atoms with van der Waals surface area (Å²) in [4.78, 5) is 39.8. The molecule has 0 radical (unpaired) electrons. The van der Waals surface area contributed by atoms with Gasteiger partial charge in [0.25, 0.3) is 5.91 Å². The van der Waals surface area contributed by atoms with Crippen LogP contribution in [0.4, 0.5) is 0 Å². The molecule has 0 spiro atoms. The van der Waals surface area contributed by atoms with E-state index in [2.05, 4.69) is 0 Å². The number of hydrogen-bond acceptors (Lipinski definition) is 3. The maximum atomic E-state index is 13.0. The quantitative estimate of drug-likeness (QED) is 0.904. The lowest BCUT2D eigenvalue weighted by Crippen LogP contribution is -2.36. The minimum absolute atomic E-state index is 0.0364. The Labute approximate surface area is 158 Å². The van der Waals surface area contributed by atoms with E-state index in [9.17, 15) is 14.4 Å². The molecule has 1 saturated heterocycles. The van der Waals surface area contributed by atoms with Gasteiger partial charge in [0.1, 0.15) is 0 Å². The van der Waals surface area contributed by atoms with E-state index in [0.29, 0.717) is 42.9 Å². The molecular weight excluding hydrogens is 342 g/mol. The molecule has 0 atom stereocenters. The van der Waals surface area contributed by atoms with E-state index in [1.54, 1.807) is 47.1 Å². The molecule has 2 aromatic carbocycles. The van der Waals surface area contributed by atoms with Crippen LogP contribution in [-0.2, 0) is 4.79 Å². The summed E-state index contributed by atoms with van der Waals surface area (Å²) in [5.74, 6) is -0.535. The van der Waals surface area contributed by atoms with Crippen molar-refractivity contribution in [2.45, 2.75) is 13.3 Å². The number of carbonyl (C=O) groups excluding carboxylic acids is 3. The molecule has 0 saturated carbocycles. The molecule has 2 N–H and O–H groups in total. The minimum atomic E-state index is -0.501. The lowest BCUT2D eigenvalue weighted by Gasteiger charge is -2.21. The van der Waals surface area contributed by atoms with Crippen molar-refractivity contribution in [3.05, 3.63) is 59.7 Å². The largest absolute Gasteiger partial charge is 0.366 e. The fraction of sp³-hybridized carbons (Fsp3) is 0.286. The number of carbonyl (C=O) groups is 3. The summed E-state index contributed by atoms with van der Waals surface area (Å²) in [6.45, 7) is 3.90. The summed E-state index contributed by atoms with van der Waals surface area (Å²) in [6.07, 6.45) is 0.759. The molecule has 3 amide bonds. The summed E-state index contributed by atoms with van der Waals surface area (Å²) in [5.41, 5.74) is 7.94. The van der Waals surface area contributed by atoms with Crippen LogP contribution in [0.1, 0.15) is 34.1 Å². The second-order valence-electron chi connectivity index (χ2n) is 6.64. The summed E-state index contributed by atoms with van der Waals surface area (Å²) in [7, 11) is 0. The van der Waals surface area contributed by atoms with Gasteiger partial charge < -0.3 is 15.5 Å². The normalized spacial score (nSPS) is 14.6. The van der Waals surface area contributed by atoms with E-state index in [4.69, 9.17) is 5.73 Å². The van der Waals surface area contributed by atoms with Crippen molar-refractivity contribution < 1.29 is 14.4 Å². The van der Waals surface area contributed by atoms with E-state index in [-0.39, 0.29) is 11.8 Å². The van der Waals surface area contributed by atoms with Crippen molar-refractivity contribution in [1.82, 2.24) is 9.80 Å². The molecule has 1 fully saturated rings. The number of nitrogens with two attached hydrogens (primary N) is 1. The van der Waals surface area contributed by atoms with Crippen molar-refractivity contribution >= 4 is 17.7 Å². The Kier molecular flexibility index (Phi) is 5.54. The standard InChI is InChI=1S/C21H23N3O3/c1-15(25)23-10-5-11-24(13-12-23)21(27)17-7-4-6-16(14-17)18-8-2-3-9-19(18)20(22)26/h2-4,6-9,14H,5,10-13H2,1H3,(H2,22,26). The van der Waals surface area contributed by atoms with Gasteiger partial charge in [-0.2, -0.15) is 0 Å². The Bertz CT molecular complexity index is 878. The van der Waals surface area contributed by atoms with Gasteiger partial charge in [-0.15, -0.1) is 0 Å². The lowest BCUT2D eigenvalue weighted by atomic mass is 9.97. The molecule has 2 aromatic rings. The van der Waals surface area contributed by atoms with Crippen LogP contribution in [0.3, 0.4) is 0 Å². The zero-order chi connectivity index (χ0) is 19.4. The maximum Gasteiger partial charge on any atom is 0.253 e. The fourth-order valence-electron chi connectivity index (χ4n) is 3.39. The van der Waals surface area contributed by atoms with Gasteiger partial charge in [0.2, 0.25) is 11.8 Å². The number of amides is 3. The average Bonchev–Trinajstić information content (AvgIpc) is 2.94. The summed E-state index contributed by atoms with van der Waals surface area (Å²) in [6, 6.07) is 14.3. The topological polar surface area (TPSA) is 83.7 Å². The summed E-state index contributed by atoms with van der Waals surface area (Å²) >= 11 is 0. The number of benzene rings is 2. The van der Waals surface area contributed by atoms with Gasteiger partial charge in [0.15, 0.2) is 0 Å². The molecule has 0 aromatic heterocycles. The SMILES string of the molecule is CC(=O)N1CCCN(C(=O)c2cccc(-c3ccccc3C(N)=O)c2)CC1. The predicted octanol–water partition coefficient (Wildman–Crippen LogP) is 2.15. The molecule has 3 rings (SSSR count). The van der Waals surface area contributed by atoms with Crippen LogP contribution in [0, 0.1) is 0 Å². The van der Waals surface area contributed by atoms with Crippen LogP contribution >= 0.6 is 0 Å². The molecule has 0 aliphatic carbocycles. The molecule has 6 nitrogen and oxygen atoms in total. The Morgan fingerprint density at radius 2 is 1.59 bits per heavy atom. The lowest BCUT2D eigenvalue weighted by molar-refractivity contribution is -0.128. The first-order valence-corrected chi connectivity index (χ1v) is 9.01. The molecule has 6 heteroatoms. The van der Waals surface area contributed by atoms with E-state index in [1.165, 1.54) is 0 Å². The monoisotopic (exact) mass is 365 g/mol. The third-order valence-electron chi connectivity index (χ3n) is 4.84. The smallest absolute Gasteiger partial charge is 0.253 e. The van der Waals surface area contributed by atoms with E-state index in [0.717, 1.165) is 12.0 Å². The third-order valence-corrected chi connectivity index (χ3v) is 4.84. The fourth-order valence-corrected chi connectivity index (χ4v) is 3.39. The molecule has 1 aliphatic rings. The van der Waals surface area contributed by atoms with Gasteiger partial charge in [-0.1, -0.05) is 30.3 Å². The van der Waals surface area contributed by atoms with Crippen LogP contribution in [0.5, 0.6) is 0 Å². The highest BCUT2D eigenvalue weighted by Crippen LogP contribution is 2.25. The predicted molar refractivity (Wildman–Crippen MR) is 103 cm³/mol. The molecular formula is C21H23N3O3. The summed E-state index contributed by atoms with van der Waals surface area (Å²) < 4.78 is 0. The van der Waals surface area contributed by atoms with Crippen LogP contribution in [0.25, 0.3) is 11.1 Å². The zero-order valence-corrected chi connectivity index (χ0v) is 15.4. The molecule has 0 bridgehead atoms. The number of nitrogens with zero attached hydrogens (tertiary/aromatic N) is 2.